The number of hydrogen-bond acceptors (Lipinski definition) is 4. The van der Waals surface area contributed by atoms with Gasteiger partial charge in [0, 0.05) is 24.5 Å². The van der Waals surface area contributed by atoms with E-state index in [1.54, 1.807) is 17.0 Å². The third-order valence-electron chi connectivity index (χ3n) is 3.44. The van der Waals surface area contributed by atoms with Crippen LogP contribution >= 0.6 is 11.6 Å². The van der Waals surface area contributed by atoms with Crippen LogP contribution in [-0.2, 0) is 14.4 Å². The zero-order valence-corrected chi connectivity index (χ0v) is 11.7. The van der Waals surface area contributed by atoms with Gasteiger partial charge in [0.1, 0.15) is 0 Å². The number of ether oxygens (including phenoxy) is 1. The van der Waals surface area contributed by atoms with Crippen molar-refractivity contribution in [3.8, 4) is 0 Å². The number of oxime groups is 1. The van der Waals surface area contributed by atoms with Crippen LogP contribution in [0.15, 0.2) is 29.4 Å². The van der Waals surface area contributed by atoms with Crippen molar-refractivity contribution in [1.82, 2.24) is 4.90 Å². The average molecular weight is 295 g/mol. The first-order chi connectivity index (χ1) is 9.74. The molecule has 1 aromatic rings. The molecule has 0 aromatic heterocycles. The molecule has 1 atom stereocenters. The summed E-state index contributed by atoms with van der Waals surface area (Å²) in [6.45, 7) is 2.41. The number of carbonyl (C=O) groups is 1. The van der Waals surface area contributed by atoms with Gasteiger partial charge in [0.05, 0.1) is 18.9 Å². The molecule has 2 heterocycles. The number of carbonyl (C=O) groups excluding carboxylic acids is 1. The number of benzene rings is 1. The predicted octanol–water partition coefficient (Wildman–Crippen LogP) is 1.69. The van der Waals surface area contributed by atoms with Crippen molar-refractivity contribution in [2.45, 2.75) is 12.5 Å². The quantitative estimate of drug-likeness (QED) is 0.834. The Hall–Kier alpha value is -1.59. The molecule has 20 heavy (non-hydrogen) atoms. The molecule has 0 unspecified atom stereocenters. The Labute approximate surface area is 122 Å². The summed E-state index contributed by atoms with van der Waals surface area (Å²) in [5, 5.41) is 4.70. The Morgan fingerprint density at radius 3 is 2.65 bits per heavy atom. The van der Waals surface area contributed by atoms with Gasteiger partial charge in [-0.15, -0.1) is 0 Å². The van der Waals surface area contributed by atoms with E-state index < -0.39 is 6.10 Å². The summed E-state index contributed by atoms with van der Waals surface area (Å²) in [7, 11) is 0. The number of nitrogens with zero attached hydrogens (tertiary/aromatic N) is 2. The van der Waals surface area contributed by atoms with Crippen molar-refractivity contribution in [3.05, 3.63) is 34.9 Å². The first kappa shape index (κ1) is 13.4. The Bertz CT molecular complexity index is 524. The second-order valence-electron chi connectivity index (χ2n) is 4.78. The number of amides is 1. The highest BCUT2D eigenvalue weighted by Gasteiger charge is 2.32. The van der Waals surface area contributed by atoms with Crippen LogP contribution in [0, 0.1) is 0 Å². The maximum atomic E-state index is 12.3. The van der Waals surface area contributed by atoms with Gasteiger partial charge in [-0.2, -0.15) is 0 Å². The average Bonchev–Trinajstić information content (AvgIpc) is 2.98. The lowest BCUT2D eigenvalue weighted by Crippen LogP contribution is -2.45. The minimum absolute atomic E-state index is 0.0130. The normalized spacial score (nSPS) is 22.4. The highest BCUT2D eigenvalue weighted by Crippen LogP contribution is 2.20. The van der Waals surface area contributed by atoms with Gasteiger partial charge >= 0.3 is 0 Å². The van der Waals surface area contributed by atoms with E-state index in [-0.39, 0.29) is 5.91 Å². The zero-order chi connectivity index (χ0) is 13.9. The third kappa shape index (κ3) is 2.78. The highest BCUT2D eigenvalue weighted by molar-refractivity contribution is 6.30. The van der Waals surface area contributed by atoms with Gasteiger partial charge in [-0.1, -0.05) is 28.9 Å². The van der Waals surface area contributed by atoms with Crippen LogP contribution in [0.3, 0.4) is 0 Å². The minimum atomic E-state index is -0.515. The molecule has 0 saturated carbocycles. The molecule has 1 aromatic carbocycles. The summed E-state index contributed by atoms with van der Waals surface area (Å²) in [5.74, 6) is -0.0130. The van der Waals surface area contributed by atoms with E-state index in [0.29, 0.717) is 37.7 Å². The van der Waals surface area contributed by atoms with Gasteiger partial charge < -0.3 is 14.5 Å². The molecule has 0 spiro atoms. The van der Waals surface area contributed by atoms with Crippen LogP contribution in [0.25, 0.3) is 0 Å². The summed E-state index contributed by atoms with van der Waals surface area (Å²) >= 11 is 5.86. The predicted molar refractivity (Wildman–Crippen MR) is 74.9 cm³/mol. The van der Waals surface area contributed by atoms with E-state index in [4.69, 9.17) is 21.2 Å². The molecule has 1 saturated heterocycles. The number of halogens is 1. The van der Waals surface area contributed by atoms with E-state index in [0.717, 1.165) is 11.3 Å². The molecule has 1 fully saturated rings. The standard InChI is InChI=1S/C14H15ClN2O3/c15-11-3-1-10(2-4-11)12-9-13(20-16-12)14(18)17-5-7-19-8-6-17/h1-4,13H,5-9H2/t13-/m0/s1. The fourth-order valence-electron chi connectivity index (χ4n) is 2.31. The first-order valence-electron chi connectivity index (χ1n) is 6.59. The molecule has 2 aliphatic rings. The van der Waals surface area contributed by atoms with Crippen molar-refractivity contribution in [2.75, 3.05) is 26.3 Å². The lowest BCUT2D eigenvalue weighted by atomic mass is 10.0. The molecule has 6 heteroatoms. The Morgan fingerprint density at radius 1 is 1.25 bits per heavy atom. The van der Waals surface area contributed by atoms with E-state index in [1.807, 2.05) is 12.1 Å². The molecular formula is C14H15ClN2O3. The van der Waals surface area contributed by atoms with E-state index in [9.17, 15) is 4.79 Å². The molecule has 0 bridgehead atoms. The van der Waals surface area contributed by atoms with Crippen molar-refractivity contribution in [3.63, 3.8) is 0 Å². The van der Waals surface area contributed by atoms with Gasteiger partial charge in [-0.3, -0.25) is 4.79 Å². The fourth-order valence-corrected chi connectivity index (χ4v) is 2.44. The van der Waals surface area contributed by atoms with Crippen LogP contribution in [0.2, 0.25) is 5.02 Å². The summed E-state index contributed by atoms with van der Waals surface area (Å²) in [5.41, 5.74) is 1.72. The maximum Gasteiger partial charge on any atom is 0.267 e. The molecule has 106 valence electrons. The molecule has 0 N–H and O–H groups in total. The monoisotopic (exact) mass is 294 g/mol. The fraction of sp³-hybridized carbons (Fsp3) is 0.429. The molecule has 2 aliphatic heterocycles. The van der Waals surface area contributed by atoms with Crippen molar-refractivity contribution >= 4 is 23.2 Å². The van der Waals surface area contributed by atoms with Crippen LogP contribution in [0.5, 0.6) is 0 Å². The second kappa shape index (κ2) is 5.81. The zero-order valence-electron chi connectivity index (χ0n) is 10.9. The van der Waals surface area contributed by atoms with E-state index in [1.165, 1.54) is 0 Å². The Morgan fingerprint density at radius 2 is 1.95 bits per heavy atom. The van der Waals surface area contributed by atoms with Crippen LogP contribution in [-0.4, -0.2) is 48.9 Å². The van der Waals surface area contributed by atoms with E-state index >= 15 is 0 Å². The van der Waals surface area contributed by atoms with Gasteiger partial charge in [0.15, 0.2) is 0 Å². The van der Waals surface area contributed by atoms with Crippen molar-refractivity contribution in [1.29, 1.82) is 0 Å². The minimum Gasteiger partial charge on any atom is -0.382 e. The molecular weight excluding hydrogens is 280 g/mol. The van der Waals surface area contributed by atoms with Crippen LogP contribution in [0.1, 0.15) is 12.0 Å². The van der Waals surface area contributed by atoms with Crippen LogP contribution in [0.4, 0.5) is 0 Å². The maximum absolute atomic E-state index is 12.3. The highest BCUT2D eigenvalue weighted by atomic mass is 35.5. The summed E-state index contributed by atoms with van der Waals surface area (Å²) in [6, 6.07) is 7.37. The van der Waals surface area contributed by atoms with Gasteiger partial charge in [0.2, 0.25) is 6.10 Å². The van der Waals surface area contributed by atoms with Gasteiger partial charge in [-0.25, -0.2) is 0 Å². The number of rotatable bonds is 2. The summed E-state index contributed by atoms with van der Waals surface area (Å²) in [4.78, 5) is 19.3. The SMILES string of the molecule is O=C([C@@H]1CC(c2ccc(Cl)cc2)=NO1)N1CCOCC1. The van der Waals surface area contributed by atoms with Gasteiger partial charge in [0.25, 0.3) is 5.91 Å². The summed E-state index contributed by atoms with van der Waals surface area (Å²) < 4.78 is 5.24. The Kier molecular flexibility index (Phi) is 3.89. The number of morpholine rings is 1. The molecule has 3 rings (SSSR count). The van der Waals surface area contributed by atoms with Crippen LogP contribution < -0.4 is 0 Å². The largest absolute Gasteiger partial charge is 0.382 e. The van der Waals surface area contributed by atoms with E-state index in [2.05, 4.69) is 5.16 Å². The third-order valence-corrected chi connectivity index (χ3v) is 3.70. The smallest absolute Gasteiger partial charge is 0.267 e. The lowest BCUT2D eigenvalue weighted by molar-refractivity contribution is -0.146. The molecule has 0 radical (unpaired) electrons. The first-order valence-corrected chi connectivity index (χ1v) is 6.97. The Balaban J connectivity index is 1.63. The lowest BCUT2D eigenvalue weighted by Gasteiger charge is -2.28. The topological polar surface area (TPSA) is 51.1 Å². The second-order valence-corrected chi connectivity index (χ2v) is 5.22. The molecule has 1 amide bonds. The molecule has 0 aliphatic carbocycles. The summed E-state index contributed by atoms with van der Waals surface area (Å²) in [6.07, 6.45) is -0.0172. The van der Waals surface area contributed by atoms with Crippen molar-refractivity contribution < 1.29 is 14.4 Å². The van der Waals surface area contributed by atoms with Gasteiger partial charge in [-0.05, 0) is 17.7 Å². The molecule has 5 nitrogen and oxygen atoms in total. The van der Waals surface area contributed by atoms with Crippen molar-refractivity contribution in [2.24, 2.45) is 5.16 Å². The number of hydrogen-bond donors (Lipinski definition) is 0.